The van der Waals surface area contributed by atoms with Crippen molar-refractivity contribution in [1.29, 1.82) is 0 Å². The van der Waals surface area contributed by atoms with E-state index >= 15 is 0 Å². The van der Waals surface area contributed by atoms with Gasteiger partial charge >= 0.3 is 0 Å². The van der Waals surface area contributed by atoms with Gasteiger partial charge in [0.25, 0.3) is 0 Å². The van der Waals surface area contributed by atoms with E-state index < -0.39 is 0 Å². The molecule has 0 aliphatic heterocycles. The summed E-state index contributed by atoms with van der Waals surface area (Å²) in [6.45, 7) is 4.69. The first kappa shape index (κ1) is 11.8. The molecule has 0 unspecified atom stereocenters. The van der Waals surface area contributed by atoms with Crippen LogP contribution >= 0.6 is 11.3 Å². The molecule has 0 aliphatic carbocycles. The van der Waals surface area contributed by atoms with Gasteiger partial charge in [-0.05, 0) is 13.3 Å². The van der Waals surface area contributed by atoms with E-state index in [2.05, 4.69) is 27.2 Å². The topological polar surface area (TPSA) is 76.7 Å². The van der Waals surface area contributed by atoms with Gasteiger partial charge in [-0.15, -0.1) is 11.3 Å². The first-order valence-electron chi connectivity index (χ1n) is 5.45. The molecular formula is C11H15N5S. The van der Waals surface area contributed by atoms with Crippen molar-refractivity contribution in [1.82, 2.24) is 15.0 Å². The molecule has 17 heavy (non-hydrogen) atoms. The minimum Gasteiger partial charge on any atom is -0.383 e. The Bertz CT molecular complexity index is 508. The molecule has 5 nitrogen and oxygen atoms in total. The molecule has 2 aromatic rings. The van der Waals surface area contributed by atoms with Gasteiger partial charge in [0.05, 0.1) is 6.54 Å². The second-order valence-corrected chi connectivity index (χ2v) is 4.86. The van der Waals surface area contributed by atoms with Crippen LogP contribution in [0.4, 0.5) is 11.6 Å². The van der Waals surface area contributed by atoms with E-state index in [-0.39, 0.29) is 0 Å². The van der Waals surface area contributed by atoms with Crippen LogP contribution < -0.4 is 11.1 Å². The van der Waals surface area contributed by atoms with Gasteiger partial charge in [0.1, 0.15) is 23.0 Å². The molecule has 90 valence electrons. The third-order valence-corrected chi connectivity index (χ3v) is 3.62. The van der Waals surface area contributed by atoms with Crippen LogP contribution in [0.1, 0.15) is 22.4 Å². The average Bonchev–Trinajstić information content (AvgIpc) is 2.79. The molecule has 0 bridgehead atoms. The molecule has 0 atom stereocenters. The minimum absolute atomic E-state index is 0.510. The Hall–Kier alpha value is -1.69. The average molecular weight is 249 g/mol. The predicted octanol–water partition coefficient (Wildman–Crippen LogP) is 2.00. The Labute approximate surface area is 104 Å². The fraction of sp³-hybridized carbons (Fsp3) is 0.364. The van der Waals surface area contributed by atoms with Gasteiger partial charge < -0.3 is 11.1 Å². The van der Waals surface area contributed by atoms with Crippen LogP contribution in [0.5, 0.6) is 0 Å². The number of hydrogen-bond acceptors (Lipinski definition) is 6. The molecule has 0 spiro atoms. The fourth-order valence-electron chi connectivity index (χ4n) is 1.39. The van der Waals surface area contributed by atoms with Crippen molar-refractivity contribution in [2.24, 2.45) is 0 Å². The van der Waals surface area contributed by atoms with Crippen molar-refractivity contribution in [2.75, 3.05) is 11.1 Å². The van der Waals surface area contributed by atoms with Crippen molar-refractivity contribution in [3.05, 3.63) is 28.0 Å². The summed E-state index contributed by atoms with van der Waals surface area (Å²) in [5, 5.41) is 4.28. The number of rotatable bonds is 4. The Morgan fingerprint density at radius 3 is 2.88 bits per heavy atom. The van der Waals surface area contributed by atoms with Crippen LogP contribution in [0.2, 0.25) is 0 Å². The Balaban J connectivity index is 2.04. The van der Waals surface area contributed by atoms with E-state index in [4.69, 9.17) is 5.73 Å². The summed E-state index contributed by atoms with van der Waals surface area (Å²) in [4.78, 5) is 13.7. The quantitative estimate of drug-likeness (QED) is 0.866. The van der Waals surface area contributed by atoms with Crippen LogP contribution in [0.3, 0.4) is 0 Å². The molecule has 0 radical (unpaired) electrons. The van der Waals surface area contributed by atoms with Gasteiger partial charge in [0.15, 0.2) is 0 Å². The number of aryl methyl sites for hydroxylation is 1. The SMILES string of the molecule is CCc1cnc(CNc2ncnc(N)c2C)s1. The van der Waals surface area contributed by atoms with E-state index in [0.717, 1.165) is 22.8 Å². The van der Waals surface area contributed by atoms with Gasteiger partial charge in [0.2, 0.25) is 0 Å². The van der Waals surface area contributed by atoms with Crippen LogP contribution in [0.25, 0.3) is 0 Å². The number of nitrogens with two attached hydrogens (primary N) is 1. The Morgan fingerprint density at radius 2 is 2.18 bits per heavy atom. The number of nitrogen functional groups attached to an aromatic ring is 1. The number of nitrogens with one attached hydrogen (secondary N) is 1. The maximum Gasteiger partial charge on any atom is 0.134 e. The van der Waals surface area contributed by atoms with Gasteiger partial charge in [-0.2, -0.15) is 0 Å². The van der Waals surface area contributed by atoms with E-state index in [1.807, 2.05) is 13.1 Å². The lowest BCUT2D eigenvalue weighted by atomic mass is 10.3. The lowest BCUT2D eigenvalue weighted by molar-refractivity contribution is 1.04. The van der Waals surface area contributed by atoms with E-state index in [9.17, 15) is 0 Å². The first-order chi connectivity index (χ1) is 8.20. The second-order valence-electron chi connectivity index (χ2n) is 3.66. The maximum absolute atomic E-state index is 5.71. The highest BCUT2D eigenvalue weighted by atomic mass is 32.1. The minimum atomic E-state index is 0.510. The molecule has 0 aliphatic rings. The zero-order valence-electron chi connectivity index (χ0n) is 9.90. The number of nitrogens with zero attached hydrogens (tertiary/aromatic N) is 3. The lowest BCUT2D eigenvalue weighted by Crippen LogP contribution is -2.05. The summed E-state index contributed by atoms with van der Waals surface area (Å²) in [6, 6.07) is 0. The highest BCUT2D eigenvalue weighted by Gasteiger charge is 2.05. The van der Waals surface area contributed by atoms with Crippen molar-refractivity contribution >= 4 is 23.0 Å². The molecule has 3 N–H and O–H groups in total. The molecule has 0 saturated heterocycles. The summed E-state index contributed by atoms with van der Waals surface area (Å²) in [5.74, 6) is 1.28. The largest absolute Gasteiger partial charge is 0.383 e. The van der Waals surface area contributed by atoms with E-state index in [1.54, 1.807) is 11.3 Å². The maximum atomic E-state index is 5.71. The number of thiazole rings is 1. The van der Waals surface area contributed by atoms with Gasteiger partial charge in [-0.1, -0.05) is 6.92 Å². The normalized spacial score (nSPS) is 10.5. The second kappa shape index (κ2) is 5.09. The van der Waals surface area contributed by atoms with E-state index in [0.29, 0.717) is 12.4 Å². The fourth-order valence-corrected chi connectivity index (χ4v) is 2.20. The molecular weight excluding hydrogens is 234 g/mol. The summed E-state index contributed by atoms with van der Waals surface area (Å²) >= 11 is 1.71. The van der Waals surface area contributed by atoms with Crippen LogP contribution in [-0.4, -0.2) is 15.0 Å². The molecule has 0 amide bonds. The lowest BCUT2D eigenvalue weighted by Gasteiger charge is -2.07. The van der Waals surface area contributed by atoms with Crippen molar-refractivity contribution in [2.45, 2.75) is 26.8 Å². The van der Waals surface area contributed by atoms with Crippen molar-refractivity contribution in [3.8, 4) is 0 Å². The summed E-state index contributed by atoms with van der Waals surface area (Å²) in [6.07, 6.45) is 4.41. The number of hydrogen-bond donors (Lipinski definition) is 2. The van der Waals surface area contributed by atoms with Crippen molar-refractivity contribution in [3.63, 3.8) is 0 Å². The van der Waals surface area contributed by atoms with Crippen LogP contribution in [0, 0.1) is 6.92 Å². The summed E-state index contributed by atoms with van der Waals surface area (Å²) in [5.41, 5.74) is 6.59. The monoisotopic (exact) mass is 249 g/mol. The van der Waals surface area contributed by atoms with Gasteiger partial charge in [-0.25, -0.2) is 15.0 Å². The molecule has 6 heteroatoms. The third-order valence-electron chi connectivity index (χ3n) is 2.48. The first-order valence-corrected chi connectivity index (χ1v) is 6.27. The third kappa shape index (κ3) is 2.71. The predicted molar refractivity (Wildman–Crippen MR) is 70.0 cm³/mol. The molecule has 2 rings (SSSR count). The summed E-state index contributed by atoms with van der Waals surface area (Å²) < 4.78 is 0. The standard InChI is InChI=1S/C11H15N5S/c1-3-8-4-13-9(17-8)5-14-11-7(2)10(12)15-6-16-11/h4,6H,3,5H2,1-2H3,(H3,12,14,15,16). The van der Waals surface area contributed by atoms with E-state index in [1.165, 1.54) is 11.2 Å². The van der Waals surface area contributed by atoms with Gasteiger partial charge in [-0.3, -0.25) is 0 Å². The summed E-state index contributed by atoms with van der Waals surface area (Å²) in [7, 11) is 0. The van der Waals surface area contributed by atoms with Crippen LogP contribution in [0.15, 0.2) is 12.5 Å². The van der Waals surface area contributed by atoms with Crippen molar-refractivity contribution < 1.29 is 0 Å². The Morgan fingerprint density at radius 1 is 1.35 bits per heavy atom. The highest BCUT2D eigenvalue weighted by molar-refractivity contribution is 7.11. The number of aromatic nitrogens is 3. The molecule has 0 aromatic carbocycles. The highest BCUT2D eigenvalue weighted by Crippen LogP contribution is 2.18. The zero-order valence-corrected chi connectivity index (χ0v) is 10.7. The molecule has 2 heterocycles. The molecule has 0 saturated carbocycles. The molecule has 0 fully saturated rings. The number of anilines is 2. The zero-order chi connectivity index (χ0) is 12.3. The Kier molecular flexibility index (Phi) is 3.53. The van der Waals surface area contributed by atoms with Crippen LogP contribution in [-0.2, 0) is 13.0 Å². The molecule has 2 aromatic heterocycles. The smallest absolute Gasteiger partial charge is 0.134 e. The van der Waals surface area contributed by atoms with Gasteiger partial charge in [0, 0.05) is 16.6 Å².